The van der Waals surface area contributed by atoms with Crippen LogP contribution in [0.15, 0.2) is 11.8 Å². The van der Waals surface area contributed by atoms with Crippen LogP contribution in [-0.2, 0) is 9.53 Å². The summed E-state index contributed by atoms with van der Waals surface area (Å²) in [4.78, 5) is 26.9. The van der Waals surface area contributed by atoms with Gasteiger partial charge in [-0.3, -0.25) is 4.79 Å². The minimum atomic E-state index is -0.918. The highest BCUT2D eigenvalue weighted by atomic mass is 16.5. The van der Waals surface area contributed by atoms with E-state index >= 15 is 0 Å². The van der Waals surface area contributed by atoms with Crippen LogP contribution in [0, 0.1) is 5.92 Å². The topological polar surface area (TPSA) is 70.1 Å². The second-order valence-corrected chi connectivity index (χ2v) is 7.51. The van der Waals surface area contributed by atoms with Crippen LogP contribution in [0.2, 0.25) is 0 Å². The predicted octanol–water partition coefficient (Wildman–Crippen LogP) is 2.69. The van der Waals surface area contributed by atoms with Gasteiger partial charge in [0, 0.05) is 19.2 Å². The van der Waals surface area contributed by atoms with Gasteiger partial charge in [-0.15, -0.1) is 0 Å². The third-order valence-electron chi connectivity index (χ3n) is 4.55. The summed E-state index contributed by atoms with van der Waals surface area (Å²) in [6, 6.07) is -0.180. The van der Waals surface area contributed by atoms with Crippen molar-refractivity contribution in [1.29, 1.82) is 0 Å². The molecule has 0 aliphatic carbocycles. The highest BCUT2D eigenvalue weighted by Crippen LogP contribution is 2.35. The van der Waals surface area contributed by atoms with Crippen molar-refractivity contribution in [3.05, 3.63) is 11.8 Å². The zero-order valence-corrected chi connectivity index (χ0v) is 14.7. The van der Waals surface area contributed by atoms with Gasteiger partial charge in [-0.1, -0.05) is 20.3 Å². The molecule has 23 heavy (non-hydrogen) atoms. The molecule has 1 saturated heterocycles. The number of amides is 2. The number of likely N-dealkylation sites (tertiary alicyclic amines) is 1. The molecule has 1 fully saturated rings. The molecule has 0 spiro atoms. The van der Waals surface area contributed by atoms with Crippen LogP contribution in [0.4, 0.5) is 4.79 Å². The van der Waals surface area contributed by atoms with Crippen molar-refractivity contribution in [2.45, 2.75) is 65.1 Å². The second kappa shape index (κ2) is 6.42. The van der Waals surface area contributed by atoms with E-state index in [0.717, 1.165) is 6.42 Å². The van der Waals surface area contributed by atoms with Crippen molar-refractivity contribution in [1.82, 2.24) is 9.80 Å². The molecular formula is C17H28N2O4. The molecule has 2 rings (SSSR count). The van der Waals surface area contributed by atoms with Crippen molar-refractivity contribution < 1.29 is 19.4 Å². The lowest BCUT2D eigenvalue weighted by Crippen LogP contribution is -2.48. The Balaban J connectivity index is 2.22. The Labute approximate surface area is 138 Å². The average molecular weight is 324 g/mol. The highest BCUT2D eigenvalue weighted by molar-refractivity contribution is 5.92. The van der Waals surface area contributed by atoms with E-state index in [4.69, 9.17) is 9.84 Å². The van der Waals surface area contributed by atoms with Gasteiger partial charge in [0.25, 0.3) is 5.91 Å². The van der Waals surface area contributed by atoms with E-state index in [1.165, 1.54) is 4.90 Å². The van der Waals surface area contributed by atoms with E-state index in [1.54, 1.807) is 6.08 Å². The van der Waals surface area contributed by atoms with E-state index in [0.29, 0.717) is 25.3 Å². The highest BCUT2D eigenvalue weighted by Gasteiger charge is 2.44. The van der Waals surface area contributed by atoms with Crippen LogP contribution >= 0.6 is 0 Å². The van der Waals surface area contributed by atoms with Gasteiger partial charge < -0.3 is 19.6 Å². The van der Waals surface area contributed by atoms with Crippen LogP contribution in [0.25, 0.3) is 0 Å². The van der Waals surface area contributed by atoms with Crippen molar-refractivity contribution in [2.75, 3.05) is 13.1 Å². The predicted molar refractivity (Wildman–Crippen MR) is 87.0 cm³/mol. The number of hydrogen-bond acceptors (Lipinski definition) is 3. The Hall–Kier alpha value is -1.72. The Morgan fingerprint density at radius 3 is 2.61 bits per heavy atom. The summed E-state index contributed by atoms with van der Waals surface area (Å²) < 4.78 is 6.04. The normalized spacial score (nSPS) is 26.5. The number of nitrogens with zero attached hydrogens (tertiary/aromatic N) is 2. The Bertz CT molecular complexity index is 509. The molecular weight excluding hydrogens is 296 g/mol. The molecule has 2 heterocycles. The maximum absolute atomic E-state index is 12.6. The lowest BCUT2D eigenvalue weighted by Gasteiger charge is -2.37. The minimum Gasteiger partial charge on any atom is -0.490 e. The Morgan fingerprint density at radius 1 is 1.48 bits per heavy atom. The average Bonchev–Trinajstić information content (AvgIpc) is 3.00. The standard InChI is InChI=1S/C17H28N2O4/c1-6-11(2)15-13(23-17(3,4)5)9-14(20)19(15)12-7-8-18(10-12)16(21)22/h9,11-12,15H,6-8,10H2,1-5H3,(H,21,22)/t11-,12?,15?/m0/s1. The monoisotopic (exact) mass is 324 g/mol. The third kappa shape index (κ3) is 3.79. The molecule has 2 aliphatic rings. The molecule has 0 radical (unpaired) electrons. The first-order valence-corrected chi connectivity index (χ1v) is 8.34. The summed E-state index contributed by atoms with van der Waals surface area (Å²) >= 11 is 0. The van der Waals surface area contributed by atoms with Gasteiger partial charge in [0.05, 0.1) is 12.1 Å². The summed E-state index contributed by atoms with van der Waals surface area (Å²) in [6.45, 7) is 11.0. The maximum atomic E-state index is 12.6. The van der Waals surface area contributed by atoms with Crippen molar-refractivity contribution in [3.8, 4) is 0 Å². The van der Waals surface area contributed by atoms with Gasteiger partial charge in [-0.25, -0.2) is 4.79 Å². The molecule has 2 unspecified atom stereocenters. The van der Waals surface area contributed by atoms with Crippen LogP contribution in [0.1, 0.15) is 47.5 Å². The fourth-order valence-corrected chi connectivity index (χ4v) is 3.33. The molecule has 0 saturated carbocycles. The number of ether oxygens (including phenoxy) is 1. The van der Waals surface area contributed by atoms with E-state index in [1.807, 2.05) is 25.7 Å². The maximum Gasteiger partial charge on any atom is 0.407 e. The molecule has 1 N–H and O–H groups in total. The number of carbonyl (C=O) groups excluding carboxylic acids is 1. The van der Waals surface area contributed by atoms with Gasteiger partial charge >= 0.3 is 6.09 Å². The SMILES string of the molecule is CC[C@H](C)C1C(OC(C)(C)C)=CC(=O)N1C1CCN(C(=O)O)C1. The first kappa shape index (κ1) is 17.6. The lowest BCUT2D eigenvalue weighted by molar-refractivity contribution is -0.129. The first-order chi connectivity index (χ1) is 10.6. The Morgan fingerprint density at radius 2 is 2.13 bits per heavy atom. The molecule has 2 aliphatic heterocycles. The van der Waals surface area contributed by atoms with Gasteiger partial charge in [-0.2, -0.15) is 0 Å². The first-order valence-electron chi connectivity index (χ1n) is 8.34. The second-order valence-electron chi connectivity index (χ2n) is 7.51. The summed E-state index contributed by atoms with van der Waals surface area (Å²) in [7, 11) is 0. The largest absolute Gasteiger partial charge is 0.490 e. The quantitative estimate of drug-likeness (QED) is 0.863. The number of carbonyl (C=O) groups is 2. The summed E-state index contributed by atoms with van der Waals surface area (Å²) in [5.41, 5.74) is -0.364. The fourth-order valence-electron chi connectivity index (χ4n) is 3.33. The zero-order chi connectivity index (χ0) is 17.4. The van der Waals surface area contributed by atoms with E-state index < -0.39 is 6.09 Å². The molecule has 6 nitrogen and oxygen atoms in total. The van der Waals surface area contributed by atoms with Crippen molar-refractivity contribution >= 4 is 12.0 Å². The third-order valence-corrected chi connectivity index (χ3v) is 4.55. The summed E-state index contributed by atoms with van der Waals surface area (Å²) in [6.07, 6.45) is 2.28. The molecule has 130 valence electrons. The molecule has 0 aromatic rings. The Kier molecular flexibility index (Phi) is 4.92. The van der Waals surface area contributed by atoms with E-state index in [9.17, 15) is 9.59 Å². The van der Waals surface area contributed by atoms with Gasteiger partial charge in [0.2, 0.25) is 0 Å². The van der Waals surface area contributed by atoms with E-state index in [2.05, 4.69) is 13.8 Å². The van der Waals surface area contributed by atoms with Crippen LogP contribution in [0.3, 0.4) is 0 Å². The van der Waals surface area contributed by atoms with Crippen LogP contribution in [-0.4, -0.2) is 57.7 Å². The van der Waals surface area contributed by atoms with Crippen LogP contribution in [0.5, 0.6) is 0 Å². The van der Waals surface area contributed by atoms with Gasteiger partial charge in [0.15, 0.2) is 0 Å². The number of hydrogen-bond donors (Lipinski definition) is 1. The fraction of sp³-hybridized carbons (Fsp3) is 0.765. The molecule has 0 aromatic heterocycles. The molecule has 0 bridgehead atoms. The zero-order valence-electron chi connectivity index (χ0n) is 14.7. The summed E-state index contributed by atoms with van der Waals surface area (Å²) in [5.74, 6) is 0.909. The van der Waals surface area contributed by atoms with Gasteiger partial charge in [-0.05, 0) is 33.1 Å². The molecule has 3 atom stereocenters. The van der Waals surface area contributed by atoms with Gasteiger partial charge in [0.1, 0.15) is 11.4 Å². The number of rotatable bonds is 4. The minimum absolute atomic E-state index is 0.0632. The smallest absolute Gasteiger partial charge is 0.407 e. The lowest BCUT2D eigenvalue weighted by atomic mass is 9.96. The summed E-state index contributed by atoms with van der Waals surface area (Å²) in [5, 5.41) is 9.15. The van der Waals surface area contributed by atoms with E-state index in [-0.39, 0.29) is 29.5 Å². The molecule has 6 heteroatoms. The molecule has 2 amide bonds. The molecule has 0 aromatic carbocycles. The van der Waals surface area contributed by atoms with Crippen molar-refractivity contribution in [3.63, 3.8) is 0 Å². The van der Waals surface area contributed by atoms with Crippen molar-refractivity contribution in [2.24, 2.45) is 5.92 Å². The van der Waals surface area contributed by atoms with Crippen LogP contribution < -0.4 is 0 Å². The number of carboxylic acid groups (broad SMARTS) is 1.